The van der Waals surface area contributed by atoms with Gasteiger partial charge in [0.15, 0.2) is 0 Å². The highest BCUT2D eigenvalue weighted by molar-refractivity contribution is 5.85. The molecule has 0 saturated heterocycles. The fraction of sp³-hybridized carbons (Fsp3) is 0.350. The molecule has 7 heteroatoms. The molecule has 0 saturated carbocycles. The second kappa shape index (κ2) is 10.3. The number of likely N-dealkylation sites (N-methyl/N-ethyl adjacent to an activating group) is 1. The molecular weight excluding hydrogens is 377 g/mol. The van der Waals surface area contributed by atoms with Crippen LogP contribution < -0.4 is 10.6 Å². The minimum Gasteiger partial charge on any atom is -0.351 e. The van der Waals surface area contributed by atoms with Crippen molar-refractivity contribution in [2.75, 3.05) is 7.05 Å². The Morgan fingerprint density at radius 3 is 1.96 bits per heavy atom. The largest absolute Gasteiger partial charge is 0.416 e. The Kier molecular flexibility index (Phi) is 8.79. The molecule has 2 aromatic carbocycles. The number of nitrogens with one attached hydrogen (secondary N) is 2. The summed E-state index contributed by atoms with van der Waals surface area (Å²) in [6, 6.07) is 12.3. The van der Waals surface area contributed by atoms with Crippen LogP contribution in [0.15, 0.2) is 48.5 Å². The minimum absolute atomic E-state index is 0. The van der Waals surface area contributed by atoms with E-state index in [4.69, 9.17) is 0 Å². The highest BCUT2D eigenvalue weighted by atomic mass is 35.5. The van der Waals surface area contributed by atoms with Crippen LogP contribution in [-0.2, 0) is 17.5 Å². The first-order valence-electron chi connectivity index (χ1n) is 8.56. The number of rotatable bonds is 7. The zero-order valence-corrected chi connectivity index (χ0v) is 16.1. The van der Waals surface area contributed by atoms with Crippen LogP contribution in [0.4, 0.5) is 13.2 Å². The first-order valence-corrected chi connectivity index (χ1v) is 8.56. The topological polar surface area (TPSA) is 41.1 Å². The SMILES string of the molecule is CCC[C@H](NC)C(=O)NCc1ccc(-c2ccc(C(F)(F)F)cc2)cc1.Cl. The van der Waals surface area contributed by atoms with E-state index in [2.05, 4.69) is 10.6 Å². The van der Waals surface area contributed by atoms with Crippen LogP contribution in [0, 0.1) is 0 Å². The molecule has 2 rings (SSSR count). The van der Waals surface area contributed by atoms with Gasteiger partial charge in [0.2, 0.25) is 5.91 Å². The van der Waals surface area contributed by atoms with Gasteiger partial charge in [0.25, 0.3) is 0 Å². The Morgan fingerprint density at radius 2 is 1.52 bits per heavy atom. The van der Waals surface area contributed by atoms with Crippen molar-refractivity contribution < 1.29 is 18.0 Å². The van der Waals surface area contributed by atoms with Crippen molar-refractivity contribution in [1.82, 2.24) is 10.6 Å². The summed E-state index contributed by atoms with van der Waals surface area (Å²) >= 11 is 0. The predicted molar refractivity (Wildman–Crippen MR) is 104 cm³/mol. The summed E-state index contributed by atoms with van der Waals surface area (Å²) in [5.74, 6) is -0.0406. The van der Waals surface area contributed by atoms with Crippen molar-refractivity contribution in [3.05, 3.63) is 59.7 Å². The molecule has 0 aliphatic rings. The minimum atomic E-state index is -4.33. The summed E-state index contributed by atoms with van der Waals surface area (Å²) in [4.78, 5) is 12.1. The van der Waals surface area contributed by atoms with Crippen LogP contribution in [0.1, 0.15) is 30.9 Å². The zero-order chi connectivity index (χ0) is 19.2. The number of carbonyl (C=O) groups excluding carboxylic acids is 1. The molecule has 0 aliphatic heterocycles. The Bertz CT molecular complexity index is 716. The lowest BCUT2D eigenvalue weighted by Gasteiger charge is -2.15. The highest BCUT2D eigenvalue weighted by Crippen LogP contribution is 2.31. The van der Waals surface area contributed by atoms with Gasteiger partial charge in [0.1, 0.15) is 0 Å². The Balaban J connectivity index is 0.00000364. The zero-order valence-electron chi connectivity index (χ0n) is 15.3. The molecule has 0 unspecified atom stereocenters. The molecule has 1 atom stereocenters. The smallest absolute Gasteiger partial charge is 0.351 e. The molecular formula is C20H24ClF3N2O. The van der Waals surface area contributed by atoms with E-state index < -0.39 is 11.7 Å². The van der Waals surface area contributed by atoms with E-state index in [-0.39, 0.29) is 24.4 Å². The van der Waals surface area contributed by atoms with Gasteiger partial charge >= 0.3 is 6.18 Å². The molecule has 0 spiro atoms. The van der Waals surface area contributed by atoms with Crippen LogP contribution in [0.3, 0.4) is 0 Å². The third-order valence-electron chi connectivity index (χ3n) is 4.21. The molecule has 2 N–H and O–H groups in total. The Morgan fingerprint density at radius 1 is 1.00 bits per heavy atom. The van der Waals surface area contributed by atoms with Gasteiger partial charge in [-0.15, -0.1) is 12.4 Å². The Labute approximate surface area is 163 Å². The molecule has 0 radical (unpaired) electrons. The van der Waals surface area contributed by atoms with Gasteiger partial charge in [-0.1, -0.05) is 49.7 Å². The van der Waals surface area contributed by atoms with Crippen molar-refractivity contribution in [3.8, 4) is 11.1 Å². The summed E-state index contributed by atoms with van der Waals surface area (Å²) in [5.41, 5.74) is 1.81. The fourth-order valence-corrected chi connectivity index (χ4v) is 2.67. The van der Waals surface area contributed by atoms with Crippen LogP contribution >= 0.6 is 12.4 Å². The van der Waals surface area contributed by atoms with E-state index in [9.17, 15) is 18.0 Å². The molecule has 0 aromatic heterocycles. The van der Waals surface area contributed by atoms with Crippen molar-refractivity contribution in [3.63, 3.8) is 0 Å². The van der Waals surface area contributed by atoms with E-state index in [1.54, 1.807) is 7.05 Å². The number of carbonyl (C=O) groups is 1. The van der Waals surface area contributed by atoms with Gasteiger partial charge in [-0.2, -0.15) is 13.2 Å². The number of hydrogen-bond donors (Lipinski definition) is 2. The standard InChI is InChI=1S/C20H23F3N2O.ClH/c1-3-4-18(24-2)19(26)25-13-14-5-7-15(8-6-14)16-9-11-17(12-10-16)20(21,22)23;/h5-12,18,24H,3-4,13H2,1-2H3,(H,25,26);1H/t18-;/m0./s1. The summed E-state index contributed by atoms with van der Waals surface area (Å²) in [5, 5.41) is 5.88. The first-order chi connectivity index (χ1) is 12.3. The van der Waals surface area contributed by atoms with Crippen LogP contribution in [0.5, 0.6) is 0 Å². The van der Waals surface area contributed by atoms with E-state index in [0.717, 1.165) is 36.1 Å². The molecule has 0 heterocycles. The highest BCUT2D eigenvalue weighted by Gasteiger charge is 2.29. The van der Waals surface area contributed by atoms with Crippen molar-refractivity contribution in [1.29, 1.82) is 0 Å². The van der Waals surface area contributed by atoms with Gasteiger partial charge in [-0.3, -0.25) is 4.79 Å². The molecule has 1 amide bonds. The average molecular weight is 401 g/mol. The lowest BCUT2D eigenvalue weighted by molar-refractivity contribution is -0.137. The normalized spacial score (nSPS) is 12.2. The van der Waals surface area contributed by atoms with Gasteiger partial charge in [-0.25, -0.2) is 0 Å². The number of alkyl halides is 3. The van der Waals surface area contributed by atoms with E-state index >= 15 is 0 Å². The quantitative estimate of drug-likeness (QED) is 0.701. The maximum atomic E-state index is 12.6. The summed E-state index contributed by atoms with van der Waals surface area (Å²) in [6.45, 7) is 2.44. The second-order valence-electron chi connectivity index (χ2n) is 6.12. The van der Waals surface area contributed by atoms with Crippen molar-refractivity contribution in [2.24, 2.45) is 0 Å². The second-order valence-corrected chi connectivity index (χ2v) is 6.12. The molecule has 0 aliphatic carbocycles. The molecule has 0 bridgehead atoms. The molecule has 148 valence electrons. The maximum absolute atomic E-state index is 12.6. The third kappa shape index (κ3) is 6.56. The lowest BCUT2D eigenvalue weighted by atomic mass is 10.0. The number of amides is 1. The van der Waals surface area contributed by atoms with Crippen LogP contribution in [0.25, 0.3) is 11.1 Å². The van der Waals surface area contributed by atoms with Gasteiger partial charge in [-0.05, 0) is 42.3 Å². The number of benzene rings is 2. The number of hydrogen-bond acceptors (Lipinski definition) is 2. The van der Waals surface area contributed by atoms with Crippen molar-refractivity contribution >= 4 is 18.3 Å². The molecule has 27 heavy (non-hydrogen) atoms. The summed E-state index contributed by atoms with van der Waals surface area (Å²) in [7, 11) is 1.76. The van der Waals surface area contributed by atoms with E-state index in [0.29, 0.717) is 12.1 Å². The van der Waals surface area contributed by atoms with Crippen LogP contribution in [0.2, 0.25) is 0 Å². The summed E-state index contributed by atoms with van der Waals surface area (Å²) in [6.07, 6.45) is -2.64. The monoisotopic (exact) mass is 400 g/mol. The van der Waals surface area contributed by atoms with Crippen molar-refractivity contribution in [2.45, 2.75) is 38.5 Å². The Hall–Kier alpha value is -2.05. The van der Waals surface area contributed by atoms with Gasteiger partial charge in [0.05, 0.1) is 11.6 Å². The fourth-order valence-electron chi connectivity index (χ4n) is 2.67. The maximum Gasteiger partial charge on any atom is 0.416 e. The van der Waals surface area contributed by atoms with Gasteiger partial charge < -0.3 is 10.6 Å². The summed E-state index contributed by atoms with van der Waals surface area (Å²) < 4.78 is 37.9. The lowest BCUT2D eigenvalue weighted by Crippen LogP contribution is -2.42. The van der Waals surface area contributed by atoms with Crippen LogP contribution in [-0.4, -0.2) is 19.0 Å². The molecule has 2 aromatic rings. The van der Waals surface area contributed by atoms with E-state index in [1.807, 2.05) is 31.2 Å². The first kappa shape index (κ1) is 23.0. The third-order valence-corrected chi connectivity index (χ3v) is 4.21. The predicted octanol–water partition coefficient (Wildman–Crippen LogP) is 4.80. The molecule has 3 nitrogen and oxygen atoms in total. The van der Waals surface area contributed by atoms with Gasteiger partial charge in [0, 0.05) is 6.54 Å². The average Bonchev–Trinajstić information content (AvgIpc) is 2.64. The number of halogens is 4. The van der Waals surface area contributed by atoms with E-state index in [1.165, 1.54) is 12.1 Å². The molecule has 0 fully saturated rings.